The van der Waals surface area contributed by atoms with Gasteiger partial charge < -0.3 is 14.6 Å². The van der Waals surface area contributed by atoms with Gasteiger partial charge in [-0.3, -0.25) is 0 Å². The van der Waals surface area contributed by atoms with Crippen molar-refractivity contribution in [1.82, 2.24) is 9.55 Å². The zero-order chi connectivity index (χ0) is 20.5. The van der Waals surface area contributed by atoms with Crippen LogP contribution in [0.3, 0.4) is 0 Å². The number of nitrogens with zero attached hydrogens (tertiary/aromatic N) is 2. The number of nitrogens with one attached hydrogen (secondary N) is 1. The quantitative estimate of drug-likeness (QED) is 0.611. The topological polar surface area (TPSA) is 99.2 Å². The number of nitrogens with two attached hydrogens (primary N) is 1. The van der Waals surface area contributed by atoms with Crippen molar-refractivity contribution in [3.63, 3.8) is 0 Å². The lowest BCUT2D eigenvalue weighted by Gasteiger charge is -2.11. The van der Waals surface area contributed by atoms with Crippen LogP contribution in [0, 0.1) is 13.8 Å². The number of thiazole rings is 1. The molecule has 0 amide bonds. The van der Waals surface area contributed by atoms with Crippen LogP contribution in [0.4, 0.5) is 5.13 Å². The van der Waals surface area contributed by atoms with Crippen molar-refractivity contribution in [3.8, 4) is 16.9 Å². The van der Waals surface area contributed by atoms with Crippen molar-refractivity contribution in [3.05, 3.63) is 47.1 Å². The van der Waals surface area contributed by atoms with E-state index < -0.39 is 10.0 Å². The number of anilines is 1. The van der Waals surface area contributed by atoms with Crippen molar-refractivity contribution in [2.24, 2.45) is 5.14 Å². The highest BCUT2D eigenvalue weighted by Crippen LogP contribution is 2.32. The Hall–Kier alpha value is -2.20. The molecule has 0 saturated carbocycles. The lowest BCUT2D eigenvalue weighted by Crippen LogP contribution is -2.20. The van der Waals surface area contributed by atoms with Crippen LogP contribution in [0.2, 0.25) is 0 Å². The number of hydrogen-bond acceptors (Lipinski definition) is 6. The van der Waals surface area contributed by atoms with E-state index in [0.29, 0.717) is 6.61 Å². The summed E-state index contributed by atoms with van der Waals surface area (Å²) in [5, 5.41) is 11.4. The van der Waals surface area contributed by atoms with Crippen LogP contribution < -0.4 is 10.5 Å². The van der Waals surface area contributed by atoms with Crippen LogP contribution >= 0.6 is 11.3 Å². The van der Waals surface area contributed by atoms with E-state index in [2.05, 4.69) is 16.0 Å². The summed E-state index contributed by atoms with van der Waals surface area (Å²) >= 11 is 1.56. The number of ether oxygens (including phenoxy) is 1. The SMILES string of the molecule is COC[C@@H](C)Nc1nc(-c2cc(C)n(-c3ccc(S(N)(=O)=O)cc3)c2C)cs1. The summed E-state index contributed by atoms with van der Waals surface area (Å²) < 4.78 is 30.2. The molecule has 0 bridgehead atoms. The number of rotatable bonds is 7. The van der Waals surface area contributed by atoms with Crippen molar-refractivity contribution in [2.45, 2.75) is 31.7 Å². The van der Waals surface area contributed by atoms with E-state index >= 15 is 0 Å². The predicted octanol–water partition coefficient (Wildman–Crippen LogP) is 3.31. The average Bonchev–Trinajstić information content (AvgIpc) is 3.18. The summed E-state index contributed by atoms with van der Waals surface area (Å²) in [7, 11) is -2.03. The standard InChI is InChI=1S/C19H24N4O3S2/c1-12(10-26-4)21-19-22-18(11-27-19)17-9-13(2)23(14(17)3)15-5-7-16(8-6-15)28(20,24)25/h5-9,11-12H,10H2,1-4H3,(H,21,22)(H2,20,24,25)/t12-/m1/s1. The molecule has 9 heteroatoms. The number of primary sulfonamides is 1. The first-order valence-corrected chi connectivity index (χ1v) is 11.2. The number of benzene rings is 1. The number of aryl methyl sites for hydroxylation is 1. The van der Waals surface area contributed by atoms with Crippen LogP contribution in [0.1, 0.15) is 18.3 Å². The number of methoxy groups -OCH3 is 1. The van der Waals surface area contributed by atoms with Crippen molar-refractivity contribution in [1.29, 1.82) is 0 Å². The molecule has 0 aliphatic rings. The monoisotopic (exact) mass is 420 g/mol. The molecule has 0 radical (unpaired) electrons. The molecule has 7 nitrogen and oxygen atoms in total. The Morgan fingerprint density at radius 3 is 2.57 bits per heavy atom. The van der Waals surface area contributed by atoms with Gasteiger partial charge in [-0.2, -0.15) is 0 Å². The van der Waals surface area contributed by atoms with Crippen LogP contribution in [0.15, 0.2) is 40.6 Å². The summed E-state index contributed by atoms with van der Waals surface area (Å²) in [6.45, 7) is 6.69. The van der Waals surface area contributed by atoms with Gasteiger partial charge in [0.25, 0.3) is 0 Å². The maximum absolute atomic E-state index is 11.5. The fraction of sp³-hybridized carbons (Fsp3) is 0.316. The Morgan fingerprint density at radius 2 is 1.96 bits per heavy atom. The molecule has 0 aliphatic heterocycles. The van der Waals surface area contributed by atoms with Gasteiger partial charge in [0.15, 0.2) is 5.13 Å². The fourth-order valence-corrected chi connectivity index (χ4v) is 4.51. The minimum absolute atomic E-state index is 0.0966. The summed E-state index contributed by atoms with van der Waals surface area (Å²) in [6, 6.07) is 8.80. The van der Waals surface area contributed by atoms with Gasteiger partial charge in [-0.05, 0) is 51.1 Å². The molecular formula is C19H24N4O3S2. The summed E-state index contributed by atoms with van der Waals surface area (Å²) in [4.78, 5) is 4.80. The fourth-order valence-electron chi connectivity index (χ4n) is 3.17. The number of sulfonamides is 1. The Morgan fingerprint density at radius 1 is 1.29 bits per heavy atom. The van der Waals surface area contributed by atoms with E-state index in [4.69, 9.17) is 14.9 Å². The van der Waals surface area contributed by atoms with E-state index in [-0.39, 0.29) is 10.9 Å². The maximum atomic E-state index is 11.5. The van der Waals surface area contributed by atoms with E-state index in [0.717, 1.165) is 33.5 Å². The molecule has 1 atom stereocenters. The molecule has 2 heterocycles. The molecule has 1 aromatic carbocycles. The lowest BCUT2D eigenvalue weighted by molar-refractivity contribution is 0.190. The number of aromatic nitrogens is 2. The summed E-state index contributed by atoms with van der Waals surface area (Å²) in [5.41, 5.74) is 4.87. The molecule has 3 aromatic rings. The molecule has 3 rings (SSSR count). The van der Waals surface area contributed by atoms with Gasteiger partial charge in [0, 0.05) is 41.2 Å². The van der Waals surface area contributed by atoms with E-state index in [1.54, 1.807) is 30.6 Å². The third-order valence-corrected chi connectivity index (χ3v) is 6.12. The first-order valence-electron chi connectivity index (χ1n) is 8.74. The summed E-state index contributed by atoms with van der Waals surface area (Å²) in [5.74, 6) is 0. The van der Waals surface area contributed by atoms with Gasteiger partial charge in [0.05, 0.1) is 17.2 Å². The summed E-state index contributed by atoms with van der Waals surface area (Å²) in [6.07, 6.45) is 0. The molecule has 0 saturated heterocycles. The van der Waals surface area contributed by atoms with Gasteiger partial charge in [-0.1, -0.05) is 0 Å². The molecule has 150 valence electrons. The van der Waals surface area contributed by atoms with Crippen LogP contribution in [0.25, 0.3) is 16.9 Å². The van der Waals surface area contributed by atoms with Crippen molar-refractivity contribution >= 4 is 26.5 Å². The van der Waals surface area contributed by atoms with Crippen LogP contribution in [0.5, 0.6) is 0 Å². The minimum atomic E-state index is -3.71. The molecule has 0 unspecified atom stereocenters. The van der Waals surface area contributed by atoms with Crippen molar-refractivity contribution < 1.29 is 13.2 Å². The molecule has 0 fully saturated rings. The first-order chi connectivity index (χ1) is 13.2. The second-order valence-electron chi connectivity index (χ2n) is 6.70. The third kappa shape index (κ3) is 4.27. The Balaban J connectivity index is 1.91. The van der Waals surface area contributed by atoms with Crippen molar-refractivity contribution in [2.75, 3.05) is 19.0 Å². The smallest absolute Gasteiger partial charge is 0.238 e. The molecular weight excluding hydrogens is 396 g/mol. The van der Waals surface area contributed by atoms with Crippen LogP contribution in [-0.2, 0) is 14.8 Å². The second kappa shape index (κ2) is 8.04. The van der Waals surface area contributed by atoms with E-state index in [1.165, 1.54) is 12.1 Å². The number of hydrogen-bond donors (Lipinski definition) is 2. The molecule has 0 spiro atoms. The average molecular weight is 421 g/mol. The highest BCUT2D eigenvalue weighted by Gasteiger charge is 2.16. The molecule has 28 heavy (non-hydrogen) atoms. The highest BCUT2D eigenvalue weighted by molar-refractivity contribution is 7.89. The second-order valence-corrected chi connectivity index (χ2v) is 9.12. The van der Waals surface area contributed by atoms with Gasteiger partial charge >= 0.3 is 0 Å². The van der Waals surface area contributed by atoms with E-state index in [1.807, 2.05) is 26.2 Å². The Kier molecular flexibility index (Phi) is 5.90. The van der Waals surface area contributed by atoms with Gasteiger partial charge in [0.2, 0.25) is 10.0 Å². The molecule has 3 N–H and O–H groups in total. The minimum Gasteiger partial charge on any atom is -0.383 e. The lowest BCUT2D eigenvalue weighted by atomic mass is 10.2. The van der Waals surface area contributed by atoms with Gasteiger partial charge in [0.1, 0.15) is 0 Å². The largest absolute Gasteiger partial charge is 0.383 e. The Labute approximate surface area is 169 Å². The van der Waals surface area contributed by atoms with Crippen LogP contribution in [-0.4, -0.2) is 37.7 Å². The van der Waals surface area contributed by atoms with Gasteiger partial charge in [-0.15, -0.1) is 11.3 Å². The normalized spacial score (nSPS) is 12.9. The molecule has 2 aromatic heterocycles. The first kappa shape index (κ1) is 20.5. The van der Waals surface area contributed by atoms with E-state index in [9.17, 15) is 8.42 Å². The third-order valence-electron chi connectivity index (χ3n) is 4.42. The highest BCUT2D eigenvalue weighted by atomic mass is 32.2. The Bertz CT molecular complexity index is 1070. The van der Waals surface area contributed by atoms with Gasteiger partial charge in [-0.25, -0.2) is 18.5 Å². The maximum Gasteiger partial charge on any atom is 0.238 e. The predicted molar refractivity (Wildman–Crippen MR) is 113 cm³/mol. The molecule has 0 aliphatic carbocycles. The zero-order valence-corrected chi connectivity index (χ0v) is 17.9. The zero-order valence-electron chi connectivity index (χ0n) is 16.3.